The summed E-state index contributed by atoms with van der Waals surface area (Å²) < 4.78 is 13.3. The van der Waals surface area contributed by atoms with Crippen molar-refractivity contribution in [3.8, 4) is 0 Å². The number of amides is 2. The molecule has 0 aromatic heterocycles. The lowest BCUT2D eigenvalue weighted by atomic mass is 9.57. The third-order valence-electron chi connectivity index (χ3n) is 5.32. The topological polar surface area (TPSA) is 61.4 Å². The lowest BCUT2D eigenvalue weighted by molar-refractivity contribution is -0.134. The number of likely N-dealkylation sites (tertiary alicyclic amines) is 1. The van der Waals surface area contributed by atoms with E-state index >= 15 is 0 Å². The zero-order chi connectivity index (χ0) is 20.5. The minimum absolute atomic E-state index is 0.0722. The van der Waals surface area contributed by atoms with Gasteiger partial charge in [-0.15, -0.1) is 0 Å². The Labute approximate surface area is 171 Å². The molecule has 1 aliphatic carbocycles. The lowest BCUT2D eigenvalue weighted by Gasteiger charge is -2.59. The Morgan fingerprint density at radius 1 is 1.21 bits per heavy atom. The minimum atomic E-state index is -0.429. The number of halogens is 2. The SMILES string of the molecule is CC(C)(C)NC(=O)CN1CC2(CC(CNC(=O)Cc3cc(F)cc(Cl)c3)C2)C1. The number of nitrogens with zero attached hydrogens (tertiary/aromatic N) is 1. The van der Waals surface area contributed by atoms with Gasteiger partial charge in [0.25, 0.3) is 0 Å². The fourth-order valence-corrected chi connectivity index (χ4v) is 4.71. The zero-order valence-electron chi connectivity index (χ0n) is 16.8. The van der Waals surface area contributed by atoms with E-state index in [0.29, 0.717) is 35.0 Å². The minimum Gasteiger partial charge on any atom is -0.356 e. The highest BCUT2D eigenvalue weighted by Gasteiger charge is 2.52. The van der Waals surface area contributed by atoms with Crippen LogP contribution in [0.5, 0.6) is 0 Å². The molecule has 2 N–H and O–H groups in total. The van der Waals surface area contributed by atoms with Crippen molar-refractivity contribution in [2.45, 2.75) is 45.6 Å². The Balaban J connectivity index is 1.32. The van der Waals surface area contributed by atoms with Gasteiger partial charge in [0.15, 0.2) is 0 Å². The Bertz CT molecular complexity index is 728. The number of rotatable bonds is 6. The predicted molar refractivity (Wildman–Crippen MR) is 108 cm³/mol. The largest absolute Gasteiger partial charge is 0.356 e. The maximum atomic E-state index is 13.3. The van der Waals surface area contributed by atoms with Crippen LogP contribution in [0.1, 0.15) is 39.2 Å². The second kappa shape index (κ2) is 7.99. The molecule has 1 aliphatic heterocycles. The van der Waals surface area contributed by atoms with Gasteiger partial charge in [-0.1, -0.05) is 11.6 Å². The van der Waals surface area contributed by atoms with Crippen LogP contribution in [0, 0.1) is 17.2 Å². The van der Waals surface area contributed by atoms with E-state index in [1.54, 1.807) is 6.07 Å². The van der Waals surface area contributed by atoms with Crippen molar-refractivity contribution < 1.29 is 14.0 Å². The first kappa shape index (κ1) is 21.1. The van der Waals surface area contributed by atoms with E-state index in [1.807, 2.05) is 20.8 Å². The number of carbonyl (C=O) groups is 2. The highest BCUT2D eigenvalue weighted by molar-refractivity contribution is 6.30. The van der Waals surface area contributed by atoms with E-state index in [4.69, 9.17) is 11.6 Å². The van der Waals surface area contributed by atoms with E-state index in [0.717, 1.165) is 25.9 Å². The number of hydrogen-bond donors (Lipinski definition) is 2. The number of carbonyl (C=O) groups excluding carboxylic acids is 2. The molecule has 2 amide bonds. The lowest BCUT2D eigenvalue weighted by Crippen LogP contribution is -2.64. The van der Waals surface area contributed by atoms with Crippen molar-refractivity contribution in [3.05, 3.63) is 34.6 Å². The van der Waals surface area contributed by atoms with Crippen LogP contribution in [0.3, 0.4) is 0 Å². The molecule has 0 unspecified atom stereocenters. The average Bonchev–Trinajstić information content (AvgIpc) is 2.44. The van der Waals surface area contributed by atoms with Crippen molar-refractivity contribution in [1.29, 1.82) is 0 Å². The summed E-state index contributed by atoms with van der Waals surface area (Å²) in [5.41, 5.74) is 0.708. The van der Waals surface area contributed by atoms with Crippen LogP contribution >= 0.6 is 11.6 Å². The van der Waals surface area contributed by atoms with Crippen LogP contribution in [0.2, 0.25) is 5.02 Å². The summed E-state index contributed by atoms with van der Waals surface area (Å²) in [6.45, 7) is 8.96. The van der Waals surface area contributed by atoms with Gasteiger partial charge in [0, 0.05) is 30.2 Å². The first-order valence-corrected chi connectivity index (χ1v) is 10.1. The maximum absolute atomic E-state index is 13.3. The molecule has 1 heterocycles. The van der Waals surface area contributed by atoms with Crippen LogP contribution in [-0.2, 0) is 16.0 Å². The van der Waals surface area contributed by atoms with E-state index in [-0.39, 0.29) is 23.8 Å². The van der Waals surface area contributed by atoms with Gasteiger partial charge < -0.3 is 10.6 Å². The van der Waals surface area contributed by atoms with E-state index in [9.17, 15) is 14.0 Å². The molecule has 0 bridgehead atoms. The Morgan fingerprint density at radius 2 is 1.89 bits per heavy atom. The van der Waals surface area contributed by atoms with Gasteiger partial charge >= 0.3 is 0 Å². The summed E-state index contributed by atoms with van der Waals surface area (Å²) in [5.74, 6) is 0.00666. The molecule has 154 valence electrons. The number of nitrogens with one attached hydrogen (secondary N) is 2. The van der Waals surface area contributed by atoms with Crippen LogP contribution in [0.25, 0.3) is 0 Å². The highest BCUT2D eigenvalue weighted by atomic mass is 35.5. The van der Waals surface area contributed by atoms with Gasteiger partial charge in [0.05, 0.1) is 13.0 Å². The molecule has 0 radical (unpaired) electrons. The van der Waals surface area contributed by atoms with Crippen LogP contribution in [0.15, 0.2) is 18.2 Å². The summed E-state index contributed by atoms with van der Waals surface area (Å²) in [4.78, 5) is 26.2. The molecule has 7 heteroatoms. The molecule has 1 spiro atoms. The quantitative estimate of drug-likeness (QED) is 0.759. The van der Waals surface area contributed by atoms with Crippen molar-refractivity contribution in [2.75, 3.05) is 26.2 Å². The molecule has 1 aromatic carbocycles. The summed E-state index contributed by atoms with van der Waals surface area (Å²) in [6.07, 6.45) is 2.29. The summed E-state index contributed by atoms with van der Waals surface area (Å²) in [5, 5.41) is 6.24. The number of benzene rings is 1. The number of hydrogen-bond acceptors (Lipinski definition) is 3. The Hall–Kier alpha value is -1.66. The second-order valence-corrected chi connectivity index (χ2v) is 9.91. The van der Waals surface area contributed by atoms with E-state index in [1.165, 1.54) is 12.1 Å². The summed E-state index contributed by atoms with van der Waals surface area (Å²) in [7, 11) is 0. The zero-order valence-corrected chi connectivity index (χ0v) is 17.5. The average molecular weight is 410 g/mol. The van der Waals surface area contributed by atoms with E-state index < -0.39 is 5.82 Å². The smallest absolute Gasteiger partial charge is 0.234 e. The normalized spacial score (nSPS) is 19.0. The second-order valence-electron chi connectivity index (χ2n) is 9.48. The Morgan fingerprint density at radius 3 is 2.50 bits per heavy atom. The third kappa shape index (κ3) is 5.67. The Kier molecular flexibility index (Phi) is 6.01. The molecule has 2 fully saturated rings. The van der Waals surface area contributed by atoms with Crippen molar-refractivity contribution in [3.63, 3.8) is 0 Å². The molecular formula is C21H29ClFN3O2. The molecule has 1 aromatic rings. The molecule has 1 saturated carbocycles. The summed E-state index contributed by atoms with van der Waals surface area (Å²) in [6, 6.07) is 4.18. The first-order valence-electron chi connectivity index (χ1n) is 9.77. The molecule has 28 heavy (non-hydrogen) atoms. The monoisotopic (exact) mass is 409 g/mol. The fourth-order valence-electron chi connectivity index (χ4n) is 4.46. The van der Waals surface area contributed by atoms with Gasteiger partial charge in [-0.2, -0.15) is 0 Å². The molecular weight excluding hydrogens is 381 g/mol. The molecule has 1 saturated heterocycles. The van der Waals surface area contributed by atoms with Gasteiger partial charge in [-0.3, -0.25) is 14.5 Å². The van der Waals surface area contributed by atoms with Crippen molar-refractivity contribution in [2.24, 2.45) is 11.3 Å². The standard InChI is InChI=1S/C21H29ClFN3O2/c1-20(2,3)25-19(28)11-26-12-21(13-26)8-15(9-21)10-24-18(27)6-14-4-16(22)7-17(23)5-14/h4-5,7,15H,6,8-13H2,1-3H3,(H,24,27)(H,25,28). The maximum Gasteiger partial charge on any atom is 0.234 e. The molecule has 0 atom stereocenters. The first-order chi connectivity index (χ1) is 13.0. The van der Waals surface area contributed by atoms with Crippen LogP contribution in [0.4, 0.5) is 4.39 Å². The van der Waals surface area contributed by atoms with Crippen LogP contribution in [-0.4, -0.2) is 48.4 Å². The molecule has 3 rings (SSSR count). The van der Waals surface area contributed by atoms with Gasteiger partial charge in [-0.05, 0) is 68.7 Å². The van der Waals surface area contributed by atoms with Gasteiger partial charge in [-0.25, -0.2) is 4.39 Å². The van der Waals surface area contributed by atoms with E-state index in [2.05, 4.69) is 15.5 Å². The highest BCUT2D eigenvalue weighted by Crippen LogP contribution is 2.51. The molecule has 5 nitrogen and oxygen atoms in total. The third-order valence-corrected chi connectivity index (χ3v) is 5.54. The molecule has 2 aliphatic rings. The van der Waals surface area contributed by atoms with Gasteiger partial charge in [0.2, 0.25) is 11.8 Å². The fraction of sp³-hybridized carbons (Fsp3) is 0.619. The predicted octanol–water partition coefficient (Wildman–Crippen LogP) is 2.76. The van der Waals surface area contributed by atoms with Crippen LogP contribution < -0.4 is 10.6 Å². The van der Waals surface area contributed by atoms with Crippen molar-refractivity contribution in [1.82, 2.24) is 15.5 Å². The van der Waals surface area contributed by atoms with Crippen molar-refractivity contribution >= 4 is 23.4 Å². The van der Waals surface area contributed by atoms with Gasteiger partial charge in [0.1, 0.15) is 5.82 Å². The summed E-state index contributed by atoms with van der Waals surface area (Å²) >= 11 is 5.82.